The largest absolute Gasteiger partial charge is 0.545 e. The van der Waals surface area contributed by atoms with Crippen molar-refractivity contribution in [3.63, 3.8) is 0 Å². The number of carboxylic acids is 1. The minimum Gasteiger partial charge on any atom is -0.545 e. The van der Waals surface area contributed by atoms with Crippen molar-refractivity contribution in [1.29, 1.82) is 0 Å². The molecule has 0 aliphatic carbocycles. The quantitative estimate of drug-likeness (QED) is 0.830. The lowest BCUT2D eigenvalue weighted by atomic mass is 10.2. The Morgan fingerprint density at radius 1 is 1.08 bits per heavy atom. The summed E-state index contributed by atoms with van der Waals surface area (Å²) in [6.07, 6.45) is 0. The van der Waals surface area contributed by atoms with Crippen molar-refractivity contribution in [3.05, 3.63) is 53.1 Å². The lowest BCUT2D eigenvalue weighted by Crippen LogP contribution is -2.25. The van der Waals surface area contributed by atoms with E-state index in [4.69, 9.17) is 11.6 Å². The van der Waals surface area contributed by atoms with E-state index < -0.39 is 16.0 Å². The van der Waals surface area contributed by atoms with Gasteiger partial charge in [0.1, 0.15) is 0 Å². The Balaban J connectivity index is 2.33. The second-order valence-electron chi connectivity index (χ2n) is 4.79. The summed E-state index contributed by atoms with van der Waals surface area (Å²) in [5.74, 6) is -1.83. The Morgan fingerprint density at radius 3 is 2.25 bits per heavy atom. The second kappa shape index (κ2) is 6.90. The number of carbonyl (C=O) groups excluding carboxylic acids is 2. The first-order chi connectivity index (χ1) is 11.2. The van der Waals surface area contributed by atoms with Gasteiger partial charge in [-0.25, -0.2) is 8.42 Å². The fourth-order valence-corrected chi connectivity index (χ4v) is 3.15. The molecule has 0 radical (unpaired) electrons. The number of benzene rings is 2. The Kier molecular flexibility index (Phi) is 5.10. The van der Waals surface area contributed by atoms with Gasteiger partial charge in [-0.2, -0.15) is 0 Å². The van der Waals surface area contributed by atoms with Crippen LogP contribution in [0.25, 0.3) is 0 Å². The molecule has 126 valence electrons. The Hall–Kier alpha value is -2.58. The molecular formula is C15H12ClN2O5S-. The van der Waals surface area contributed by atoms with E-state index in [2.05, 4.69) is 10.0 Å². The maximum Gasteiger partial charge on any atom is 0.261 e. The maximum absolute atomic E-state index is 12.4. The van der Waals surface area contributed by atoms with Crippen molar-refractivity contribution in [3.8, 4) is 0 Å². The number of rotatable bonds is 5. The van der Waals surface area contributed by atoms with Crippen LogP contribution in [0.1, 0.15) is 17.3 Å². The zero-order valence-corrected chi connectivity index (χ0v) is 13.9. The first-order valence-corrected chi connectivity index (χ1v) is 8.46. The summed E-state index contributed by atoms with van der Waals surface area (Å²) in [4.78, 5) is 21.9. The van der Waals surface area contributed by atoms with Crippen LogP contribution in [0.3, 0.4) is 0 Å². The number of amides is 1. The number of carboxylic acid groups (broad SMARTS) is 1. The molecule has 0 bridgehead atoms. The minimum absolute atomic E-state index is 0.110. The highest BCUT2D eigenvalue weighted by Crippen LogP contribution is 2.24. The number of hydrogen-bond acceptors (Lipinski definition) is 5. The molecule has 0 atom stereocenters. The summed E-state index contributed by atoms with van der Waals surface area (Å²) >= 11 is 5.78. The van der Waals surface area contributed by atoms with Gasteiger partial charge < -0.3 is 15.2 Å². The van der Waals surface area contributed by atoms with Crippen LogP contribution in [-0.4, -0.2) is 20.3 Å². The molecule has 2 aromatic carbocycles. The zero-order valence-electron chi connectivity index (χ0n) is 12.4. The van der Waals surface area contributed by atoms with Gasteiger partial charge in [-0.05, 0) is 42.5 Å². The predicted molar refractivity (Wildman–Crippen MR) is 87.3 cm³/mol. The lowest BCUT2D eigenvalue weighted by Gasteiger charge is -2.14. The Morgan fingerprint density at radius 2 is 1.71 bits per heavy atom. The van der Waals surface area contributed by atoms with E-state index in [0.717, 1.165) is 6.07 Å². The van der Waals surface area contributed by atoms with E-state index in [9.17, 15) is 23.1 Å². The van der Waals surface area contributed by atoms with Crippen LogP contribution < -0.4 is 15.1 Å². The number of halogens is 1. The fourth-order valence-electron chi connectivity index (χ4n) is 1.90. The van der Waals surface area contributed by atoms with Crippen LogP contribution in [0.15, 0.2) is 47.4 Å². The molecule has 0 aliphatic heterocycles. The minimum atomic E-state index is -4.04. The first kappa shape index (κ1) is 17.8. The van der Waals surface area contributed by atoms with Crippen LogP contribution in [-0.2, 0) is 14.8 Å². The summed E-state index contributed by atoms with van der Waals surface area (Å²) in [6, 6.07) is 9.01. The van der Waals surface area contributed by atoms with E-state index in [1.54, 1.807) is 0 Å². The molecule has 2 aromatic rings. The predicted octanol–water partition coefficient (Wildman–Crippen LogP) is 1.46. The van der Waals surface area contributed by atoms with Gasteiger partial charge in [0.05, 0.1) is 16.6 Å². The summed E-state index contributed by atoms with van der Waals surface area (Å²) in [5, 5.41) is 13.7. The molecule has 1 amide bonds. The third-order valence-electron chi connectivity index (χ3n) is 2.93. The fraction of sp³-hybridized carbons (Fsp3) is 0.0667. The van der Waals surface area contributed by atoms with E-state index >= 15 is 0 Å². The number of carbonyl (C=O) groups is 2. The van der Waals surface area contributed by atoms with Crippen molar-refractivity contribution in [2.45, 2.75) is 11.8 Å². The van der Waals surface area contributed by atoms with Gasteiger partial charge in [0.2, 0.25) is 5.91 Å². The smallest absolute Gasteiger partial charge is 0.261 e. The molecule has 24 heavy (non-hydrogen) atoms. The SMILES string of the molecule is CC(=O)Nc1ccc(S(=O)(=O)Nc2cc(Cl)ccc2C(=O)[O-])cc1. The van der Waals surface area contributed by atoms with Crippen molar-refractivity contribution in [2.24, 2.45) is 0 Å². The van der Waals surface area contributed by atoms with Gasteiger partial charge in [-0.1, -0.05) is 11.6 Å². The van der Waals surface area contributed by atoms with Gasteiger partial charge in [0, 0.05) is 23.2 Å². The van der Waals surface area contributed by atoms with E-state index in [1.807, 2.05) is 0 Å². The van der Waals surface area contributed by atoms with Crippen LogP contribution in [0.5, 0.6) is 0 Å². The van der Waals surface area contributed by atoms with Gasteiger partial charge in [0.25, 0.3) is 10.0 Å². The van der Waals surface area contributed by atoms with Gasteiger partial charge in [-0.3, -0.25) is 9.52 Å². The average molecular weight is 368 g/mol. The Labute approximate surface area is 143 Å². The number of sulfonamides is 1. The van der Waals surface area contributed by atoms with Gasteiger partial charge in [-0.15, -0.1) is 0 Å². The van der Waals surface area contributed by atoms with Crippen LogP contribution >= 0.6 is 11.6 Å². The molecule has 2 rings (SSSR count). The molecule has 0 aliphatic rings. The van der Waals surface area contributed by atoms with Gasteiger partial charge in [0.15, 0.2) is 0 Å². The summed E-state index contributed by atoms with van der Waals surface area (Å²) in [6.45, 7) is 1.33. The van der Waals surface area contributed by atoms with Crippen LogP contribution in [0, 0.1) is 0 Å². The monoisotopic (exact) mass is 367 g/mol. The normalized spacial score (nSPS) is 10.9. The van der Waals surface area contributed by atoms with Crippen molar-refractivity contribution >= 4 is 44.9 Å². The average Bonchev–Trinajstić information content (AvgIpc) is 2.46. The molecule has 0 heterocycles. The highest BCUT2D eigenvalue weighted by atomic mass is 35.5. The van der Waals surface area contributed by atoms with Crippen LogP contribution in [0.2, 0.25) is 5.02 Å². The summed E-state index contributed by atoms with van der Waals surface area (Å²) in [5.41, 5.74) is -0.106. The standard InChI is InChI=1S/C15H13ClN2O5S/c1-9(19)17-11-3-5-12(6-4-11)24(22,23)18-14-8-10(16)2-7-13(14)15(20)21/h2-8,18H,1H3,(H,17,19)(H,20,21)/p-1. The molecule has 2 N–H and O–H groups in total. The molecule has 9 heteroatoms. The molecule has 0 aromatic heterocycles. The zero-order chi connectivity index (χ0) is 17.9. The van der Waals surface area contributed by atoms with Crippen molar-refractivity contribution in [1.82, 2.24) is 0 Å². The summed E-state index contributed by atoms with van der Waals surface area (Å²) in [7, 11) is -4.04. The molecule has 0 unspecified atom stereocenters. The number of nitrogens with one attached hydrogen (secondary N) is 2. The molecule has 0 saturated carbocycles. The highest BCUT2D eigenvalue weighted by molar-refractivity contribution is 7.92. The van der Waals surface area contributed by atoms with E-state index in [1.165, 1.54) is 43.3 Å². The number of aromatic carboxylic acids is 1. The van der Waals surface area contributed by atoms with Crippen LogP contribution in [0.4, 0.5) is 11.4 Å². The molecule has 0 fully saturated rings. The van der Waals surface area contributed by atoms with Crippen molar-refractivity contribution in [2.75, 3.05) is 10.0 Å². The first-order valence-electron chi connectivity index (χ1n) is 6.60. The lowest BCUT2D eigenvalue weighted by molar-refractivity contribution is -0.254. The molecular weight excluding hydrogens is 356 g/mol. The Bertz CT molecular complexity index is 895. The topological polar surface area (TPSA) is 115 Å². The van der Waals surface area contributed by atoms with Gasteiger partial charge >= 0.3 is 0 Å². The number of hydrogen-bond donors (Lipinski definition) is 2. The third-order valence-corrected chi connectivity index (χ3v) is 4.55. The number of anilines is 2. The second-order valence-corrected chi connectivity index (χ2v) is 6.91. The molecule has 0 saturated heterocycles. The highest BCUT2D eigenvalue weighted by Gasteiger charge is 2.17. The molecule has 7 nitrogen and oxygen atoms in total. The van der Waals surface area contributed by atoms with E-state index in [-0.39, 0.29) is 27.1 Å². The summed E-state index contributed by atoms with van der Waals surface area (Å²) < 4.78 is 26.9. The molecule has 0 spiro atoms. The van der Waals surface area contributed by atoms with Crippen molar-refractivity contribution < 1.29 is 23.1 Å². The third kappa shape index (κ3) is 4.24. The van der Waals surface area contributed by atoms with E-state index in [0.29, 0.717) is 5.69 Å². The maximum atomic E-state index is 12.4.